The monoisotopic (exact) mass is 235 g/mol. The van der Waals surface area contributed by atoms with Crippen LogP contribution in [0.1, 0.15) is 57.4 Å². The lowest BCUT2D eigenvalue weighted by molar-refractivity contribution is 0.409. The fourth-order valence-electron chi connectivity index (χ4n) is 2.92. The van der Waals surface area contributed by atoms with E-state index in [4.69, 9.17) is 0 Å². The van der Waals surface area contributed by atoms with Crippen LogP contribution < -0.4 is 5.32 Å². The van der Waals surface area contributed by atoms with E-state index in [-0.39, 0.29) is 0 Å². The van der Waals surface area contributed by atoms with Crippen molar-refractivity contribution in [3.05, 3.63) is 18.0 Å². The van der Waals surface area contributed by atoms with E-state index in [9.17, 15) is 0 Å². The Kier molecular flexibility index (Phi) is 5.05. The molecule has 1 aliphatic carbocycles. The molecule has 1 aromatic heterocycles. The van der Waals surface area contributed by atoms with Gasteiger partial charge in [0, 0.05) is 24.3 Å². The van der Waals surface area contributed by atoms with Gasteiger partial charge in [0.25, 0.3) is 0 Å². The van der Waals surface area contributed by atoms with E-state index in [0.29, 0.717) is 6.04 Å². The highest BCUT2D eigenvalue weighted by Gasteiger charge is 2.17. The van der Waals surface area contributed by atoms with Gasteiger partial charge in [-0.15, -0.1) is 0 Å². The van der Waals surface area contributed by atoms with Crippen LogP contribution in [0.15, 0.2) is 12.4 Å². The van der Waals surface area contributed by atoms with Crippen molar-refractivity contribution in [2.75, 3.05) is 0 Å². The summed E-state index contributed by atoms with van der Waals surface area (Å²) in [6, 6.07) is 0.715. The van der Waals surface area contributed by atoms with Crippen LogP contribution in [0, 0.1) is 5.92 Å². The van der Waals surface area contributed by atoms with Crippen molar-refractivity contribution in [2.45, 2.75) is 64.5 Å². The van der Waals surface area contributed by atoms with E-state index in [2.05, 4.69) is 22.4 Å². The molecule has 3 nitrogen and oxygen atoms in total. The summed E-state index contributed by atoms with van der Waals surface area (Å²) < 4.78 is 0. The second-order valence-electron chi connectivity index (χ2n) is 5.35. The third kappa shape index (κ3) is 4.15. The third-order valence-corrected chi connectivity index (χ3v) is 3.93. The van der Waals surface area contributed by atoms with Crippen LogP contribution in [0.4, 0.5) is 0 Å². The molecule has 96 valence electrons. The molecular formula is C14H25N3. The van der Waals surface area contributed by atoms with E-state index in [1.165, 1.54) is 50.5 Å². The number of H-pyrrole nitrogens is 1. The minimum Gasteiger partial charge on any atom is -0.310 e. The maximum Gasteiger partial charge on any atom is 0.0532 e. The smallest absolute Gasteiger partial charge is 0.0532 e. The number of nitrogens with one attached hydrogen (secondary N) is 2. The molecule has 17 heavy (non-hydrogen) atoms. The van der Waals surface area contributed by atoms with Crippen LogP contribution in [0.5, 0.6) is 0 Å². The molecule has 1 heterocycles. The number of hydrogen-bond donors (Lipinski definition) is 2. The van der Waals surface area contributed by atoms with Gasteiger partial charge >= 0.3 is 0 Å². The molecule has 0 bridgehead atoms. The predicted octanol–water partition coefficient (Wildman–Crippen LogP) is 3.25. The predicted molar refractivity (Wildman–Crippen MR) is 70.7 cm³/mol. The quantitative estimate of drug-likeness (QED) is 0.769. The molecule has 0 amide bonds. The summed E-state index contributed by atoms with van der Waals surface area (Å²) in [4.78, 5) is 0. The van der Waals surface area contributed by atoms with E-state index in [1.54, 1.807) is 0 Å². The van der Waals surface area contributed by atoms with Crippen molar-refractivity contribution < 1.29 is 0 Å². The third-order valence-electron chi connectivity index (χ3n) is 3.93. The van der Waals surface area contributed by atoms with Gasteiger partial charge in [-0.2, -0.15) is 5.10 Å². The number of nitrogens with zero attached hydrogens (tertiary/aromatic N) is 1. The zero-order valence-electron chi connectivity index (χ0n) is 10.9. The van der Waals surface area contributed by atoms with Gasteiger partial charge in [-0.25, -0.2) is 0 Å². The first-order valence-electron chi connectivity index (χ1n) is 7.09. The molecule has 1 fully saturated rings. The molecule has 1 aromatic rings. The fraction of sp³-hybridized carbons (Fsp3) is 0.786. The van der Waals surface area contributed by atoms with E-state index >= 15 is 0 Å². The molecule has 0 spiro atoms. The molecule has 2 rings (SSSR count). The maximum absolute atomic E-state index is 3.98. The number of hydrogen-bond acceptors (Lipinski definition) is 2. The molecule has 1 aliphatic rings. The first-order chi connectivity index (χ1) is 8.38. The molecule has 3 heteroatoms. The van der Waals surface area contributed by atoms with E-state index in [1.807, 2.05) is 12.4 Å². The summed E-state index contributed by atoms with van der Waals surface area (Å²) in [7, 11) is 0. The van der Waals surface area contributed by atoms with Crippen molar-refractivity contribution in [1.29, 1.82) is 0 Å². The van der Waals surface area contributed by atoms with Crippen molar-refractivity contribution in [1.82, 2.24) is 15.5 Å². The second kappa shape index (κ2) is 6.80. The van der Waals surface area contributed by atoms with Crippen LogP contribution in [0.3, 0.4) is 0 Å². The summed E-state index contributed by atoms with van der Waals surface area (Å²) in [5, 5.41) is 10.5. The Morgan fingerprint density at radius 3 is 3.06 bits per heavy atom. The molecule has 0 radical (unpaired) electrons. The average Bonchev–Trinajstić information content (AvgIpc) is 2.75. The van der Waals surface area contributed by atoms with Crippen LogP contribution in [0.2, 0.25) is 0 Å². The highest BCUT2D eigenvalue weighted by atomic mass is 15.1. The Morgan fingerprint density at radius 2 is 2.29 bits per heavy atom. The van der Waals surface area contributed by atoms with Crippen LogP contribution >= 0.6 is 0 Å². The zero-order valence-corrected chi connectivity index (χ0v) is 10.9. The van der Waals surface area contributed by atoms with Crippen molar-refractivity contribution in [3.63, 3.8) is 0 Å². The Balaban J connectivity index is 1.71. The van der Waals surface area contributed by atoms with Crippen LogP contribution in [0.25, 0.3) is 0 Å². The first-order valence-corrected chi connectivity index (χ1v) is 7.09. The average molecular weight is 235 g/mol. The topological polar surface area (TPSA) is 40.7 Å². The summed E-state index contributed by atoms with van der Waals surface area (Å²) in [5.41, 5.74) is 1.26. The second-order valence-corrected chi connectivity index (χ2v) is 5.35. The maximum atomic E-state index is 3.98. The standard InChI is InChI=1S/C14H25N3/c1-2-4-12-5-3-6-14(8-7-12)15-9-13-10-16-17-11-13/h10-12,14-15H,2-9H2,1H3,(H,16,17). The van der Waals surface area contributed by atoms with E-state index in [0.717, 1.165) is 12.5 Å². The van der Waals surface area contributed by atoms with Gasteiger partial charge in [-0.3, -0.25) is 5.10 Å². The van der Waals surface area contributed by atoms with Gasteiger partial charge in [0.2, 0.25) is 0 Å². The summed E-state index contributed by atoms with van der Waals surface area (Å²) in [6.45, 7) is 3.26. The highest BCUT2D eigenvalue weighted by molar-refractivity contribution is 5.01. The minimum atomic E-state index is 0.715. The van der Waals surface area contributed by atoms with Gasteiger partial charge in [-0.1, -0.05) is 32.6 Å². The molecule has 1 saturated carbocycles. The molecular weight excluding hydrogens is 210 g/mol. The lowest BCUT2D eigenvalue weighted by atomic mass is 9.95. The highest BCUT2D eigenvalue weighted by Crippen LogP contribution is 2.26. The Hall–Kier alpha value is -0.830. The fourth-order valence-corrected chi connectivity index (χ4v) is 2.92. The first kappa shape index (κ1) is 12.6. The minimum absolute atomic E-state index is 0.715. The Bertz CT molecular complexity index is 294. The lowest BCUT2D eigenvalue weighted by Crippen LogP contribution is -2.27. The van der Waals surface area contributed by atoms with Crippen molar-refractivity contribution >= 4 is 0 Å². The molecule has 2 N–H and O–H groups in total. The number of rotatable bonds is 5. The summed E-state index contributed by atoms with van der Waals surface area (Å²) in [5.74, 6) is 0.987. The van der Waals surface area contributed by atoms with Crippen LogP contribution in [-0.2, 0) is 6.54 Å². The lowest BCUT2D eigenvalue weighted by Gasteiger charge is -2.16. The molecule has 2 atom stereocenters. The Morgan fingerprint density at radius 1 is 1.35 bits per heavy atom. The molecule has 0 aromatic carbocycles. The van der Waals surface area contributed by atoms with Crippen molar-refractivity contribution in [3.8, 4) is 0 Å². The van der Waals surface area contributed by atoms with Gasteiger partial charge in [0.1, 0.15) is 0 Å². The molecule has 0 saturated heterocycles. The zero-order chi connectivity index (χ0) is 11.9. The summed E-state index contributed by atoms with van der Waals surface area (Å²) in [6.07, 6.45) is 13.6. The number of aromatic nitrogens is 2. The van der Waals surface area contributed by atoms with Gasteiger partial charge in [0.15, 0.2) is 0 Å². The molecule has 0 aliphatic heterocycles. The van der Waals surface area contributed by atoms with Gasteiger partial charge in [-0.05, 0) is 25.2 Å². The van der Waals surface area contributed by atoms with E-state index < -0.39 is 0 Å². The summed E-state index contributed by atoms with van der Waals surface area (Å²) >= 11 is 0. The normalized spacial score (nSPS) is 25.7. The Labute approximate surface area is 104 Å². The number of aromatic amines is 1. The SMILES string of the molecule is CCCC1CCCC(NCc2cn[nH]c2)CC1. The largest absolute Gasteiger partial charge is 0.310 e. The van der Waals surface area contributed by atoms with Gasteiger partial charge < -0.3 is 5.32 Å². The van der Waals surface area contributed by atoms with Gasteiger partial charge in [0.05, 0.1) is 6.20 Å². The van der Waals surface area contributed by atoms with Crippen molar-refractivity contribution in [2.24, 2.45) is 5.92 Å². The molecule has 2 unspecified atom stereocenters. The van der Waals surface area contributed by atoms with Crippen LogP contribution in [-0.4, -0.2) is 16.2 Å².